The summed E-state index contributed by atoms with van der Waals surface area (Å²) < 4.78 is 5.57. The number of hydrogen-bond acceptors (Lipinski definition) is 4. The molecular formula is C23H27NO4S. The molecule has 2 aromatic rings. The Kier molecular flexibility index (Phi) is 6.01. The molecular weight excluding hydrogens is 386 g/mol. The van der Waals surface area contributed by atoms with Crippen LogP contribution in [0.15, 0.2) is 36.4 Å². The second-order valence-corrected chi connectivity index (χ2v) is 9.21. The van der Waals surface area contributed by atoms with Crippen molar-refractivity contribution in [3.63, 3.8) is 0 Å². The molecule has 4 rings (SSSR count). The molecule has 1 aliphatic heterocycles. The van der Waals surface area contributed by atoms with Gasteiger partial charge in [-0.1, -0.05) is 37.3 Å². The maximum Gasteiger partial charge on any atom is 0.338 e. The monoisotopic (exact) mass is 413 g/mol. The van der Waals surface area contributed by atoms with Gasteiger partial charge in [0.1, 0.15) is 5.00 Å². The van der Waals surface area contributed by atoms with Crippen molar-refractivity contribution in [2.45, 2.75) is 45.1 Å². The van der Waals surface area contributed by atoms with E-state index in [0.717, 1.165) is 42.5 Å². The summed E-state index contributed by atoms with van der Waals surface area (Å²) in [6, 6.07) is 11.4. The van der Waals surface area contributed by atoms with Gasteiger partial charge in [-0.05, 0) is 49.7 Å². The van der Waals surface area contributed by atoms with E-state index in [2.05, 4.69) is 6.92 Å². The number of carboxylic acids is 1. The van der Waals surface area contributed by atoms with Crippen molar-refractivity contribution in [1.82, 2.24) is 0 Å². The van der Waals surface area contributed by atoms with E-state index in [9.17, 15) is 14.7 Å². The highest BCUT2D eigenvalue weighted by Gasteiger charge is 2.37. The molecule has 1 saturated carbocycles. The van der Waals surface area contributed by atoms with Crippen LogP contribution < -0.4 is 4.90 Å². The molecule has 1 amide bonds. The number of thiophene rings is 1. The number of carbonyl (C=O) groups excluding carboxylic acids is 1. The summed E-state index contributed by atoms with van der Waals surface area (Å²) >= 11 is 1.40. The Balaban J connectivity index is 1.73. The second-order valence-electron chi connectivity index (χ2n) is 8.18. The first kappa shape index (κ1) is 20.1. The molecule has 0 bridgehead atoms. The normalized spacial score (nSPS) is 24.4. The average molecular weight is 414 g/mol. The van der Waals surface area contributed by atoms with Crippen molar-refractivity contribution in [2.75, 3.05) is 18.1 Å². The van der Waals surface area contributed by atoms with Gasteiger partial charge in [0.25, 0.3) is 0 Å². The Hall–Kier alpha value is -2.18. The molecule has 6 heteroatoms. The predicted octanol–water partition coefficient (Wildman–Crippen LogP) is 5.06. The van der Waals surface area contributed by atoms with Crippen LogP contribution in [0.5, 0.6) is 0 Å². The molecule has 1 aromatic carbocycles. The Morgan fingerprint density at radius 1 is 1.10 bits per heavy atom. The van der Waals surface area contributed by atoms with E-state index >= 15 is 0 Å². The maximum absolute atomic E-state index is 13.6. The molecule has 1 saturated heterocycles. The molecule has 1 aromatic heterocycles. The van der Waals surface area contributed by atoms with Gasteiger partial charge in [0.2, 0.25) is 5.91 Å². The summed E-state index contributed by atoms with van der Waals surface area (Å²) in [5, 5.41) is 10.4. The Morgan fingerprint density at radius 3 is 2.45 bits per heavy atom. The number of rotatable bonds is 5. The first-order valence-electron chi connectivity index (χ1n) is 10.4. The van der Waals surface area contributed by atoms with E-state index in [0.29, 0.717) is 24.1 Å². The van der Waals surface area contributed by atoms with Crippen LogP contribution in [0.1, 0.15) is 49.4 Å². The van der Waals surface area contributed by atoms with Crippen LogP contribution in [0.3, 0.4) is 0 Å². The topological polar surface area (TPSA) is 66.8 Å². The minimum absolute atomic E-state index is 0.0317. The van der Waals surface area contributed by atoms with Crippen molar-refractivity contribution in [3.8, 4) is 10.4 Å². The highest BCUT2D eigenvalue weighted by atomic mass is 32.1. The maximum atomic E-state index is 13.6. The number of amides is 1. The fourth-order valence-electron chi connectivity index (χ4n) is 4.33. The molecule has 1 aliphatic carbocycles. The van der Waals surface area contributed by atoms with Gasteiger partial charge < -0.3 is 9.84 Å². The zero-order valence-electron chi connectivity index (χ0n) is 16.7. The quantitative estimate of drug-likeness (QED) is 0.744. The molecule has 2 aliphatic rings. The number of ether oxygens (including phenoxy) is 1. The standard InChI is InChI=1S/C23H27NO4S/c1-15-7-9-17(10-8-15)21(25)24(18-11-12-28-14-18)22-19(23(26)27)13-20(29-22)16-5-3-2-4-6-16/h2-6,13,15,17-18H,7-12,14H2,1H3,(H,26,27). The number of hydrogen-bond donors (Lipinski definition) is 1. The van der Waals surface area contributed by atoms with E-state index in [-0.39, 0.29) is 23.4 Å². The molecule has 29 heavy (non-hydrogen) atoms. The number of carboxylic acid groups (broad SMARTS) is 1. The van der Waals surface area contributed by atoms with Crippen molar-refractivity contribution in [2.24, 2.45) is 11.8 Å². The third kappa shape index (κ3) is 4.23. The lowest BCUT2D eigenvalue weighted by atomic mass is 9.82. The molecule has 1 unspecified atom stereocenters. The van der Waals surface area contributed by atoms with E-state index in [4.69, 9.17) is 4.74 Å². The summed E-state index contributed by atoms with van der Waals surface area (Å²) in [5.41, 5.74) is 1.17. The van der Waals surface area contributed by atoms with Gasteiger partial charge in [-0.2, -0.15) is 0 Å². The predicted molar refractivity (Wildman–Crippen MR) is 115 cm³/mol. The summed E-state index contributed by atoms with van der Waals surface area (Å²) in [6.07, 6.45) is 4.60. The number of nitrogens with zero attached hydrogens (tertiary/aromatic N) is 1. The molecule has 5 nitrogen and oxygen atoms in total. The summed E-state index contributed by atoms with van der Waals surface area (Å²) in [5.74, 6) is -0.303. The van der Waals surface area contributed by atoms with Gasteiger partial charge in [-0.15, -0.1) is 11.3 Å². The van der Waals surface area contributed by atoms with Crippen LogP contribution in [0.4, 0.5) is 5.00 Å². The van der Waals surface area contributed by atoms with Crippen molar-refractivity contribution < 1.29 is 19.4 Å². The highest BCUT2D eigenvalue weighted by Crippen LogP contribution is 2.41. The van der Waals surface area contributed by atoms with Gasteiger partial charge in [0.05, 0.1) is 18.2 Å². The fourth-order valence-corrected chi connectivity index (χ4v) is 5.57. The first-order chi connectivity index (χ1) is 14.0. The van der Waals surface area contributed by atoms with E-state index in [1.807, 2.05) is 30.3 Å². The summed E-state index contributed by atoms with van der Waals surface area (Å²) in [7, 11) is 0. The highest BCUT2D eigenvalue weighted by molar-refractivity contribution is 7.20. The number of aromatic carboxylic acids is 1. The van der Waals surface area contributed by atoms with Gasteiger partial charge in [0.15, 0.2) is 0 Å². The van der Waals surface area contributed by atoms with Crippen LogP contribution in [0.25, 0.3) is 10.4 Å². The lowest BCUT2D eigenvalue weighted by Crippen LogP contribution is -2.45. The number of benzene rings is 1. The first-order valence-corrected chi connectivity index (χ1v) is 11.2. The van der Waals surface area contributed by atoms with Crippen LogP contribution in [0.2, 0.25) is 0 Å². The Labute approximate surface area is 175 Å². The molecule has 1 atom stereocenters. The van der Waals surface area contributed by atoms with Crippen molar-refractivity contribution >= 4 is 28.2 Å². The molecule has 2 fully saturated rings. The summed E-state index contributed by atoms with van der Waals surface area (Å²) in [6.45, 7) is 3.30. The third-order valence-electron chi connectivity index (χ3n) is 6.09. The number of anilines is 1. The van der Waals surface area contributed by atoms with Crippen molar-refractivity contribution in [1.29, 1.82) is 0 Å². The smallest absolute Gasteiger partial charge is 0.338 e. The lowest BCUT2D eigenvalue weighted by molar-refractivity contribution is -0.124. The average Bonchev–Trinajstić information content (AvgIpc) is 3.40. The lowest BCUT2D eigenvalue weighted by Gasteiger charge is -2.33. The largest absolute Gasteiger partial charge is 0.478 e. The molecule has 2 heterocycles. The van der Waals surface area contributed by atoms with E-state index in [1.165, 1.54) is 11.3 Å². The third-order valence-corrected chi connectivity index (χ3v) is 7.28. The van der Waals surface area contributed by atoms with Gasteiger partial charge in [-0.3, -0.25) is 9.69 Å². The SMILES string of the molecule is CC1CCC(C(=O)N(c2sc(-c3ccccc3)cc2C(=O)O)C2CCOC2)CC1. The fraction of sp³-hybridized carbons (Fsp3) is 0.478. The van der Waals surface area contributed by atoms with E-state index < -0.39 is 5.97 Å². The zero-order valence-corrected chi connectivity index (χ0v) is 17.5. The Morgan fingerprint density at radius 2 is 1.83 bits per heavy atom. The van der Waals surface area contributed by atoms with E-state index in [1.54, 1.807) is 11.0 Å². The second kappa shape index (κ2) is 8.67. The minimum atomic E-state index is -0.993. The van der Waals surface area contributed by atoms with Gasteiger partial charge in [-0.25, -0.2) is 4.79 Å². The van der Waals surface area contributed by atoms with Crippen LogP contribution in [0, 0.1) is 11.8 Å². The molecule has 0 spiro atoms. The summed E-state index contributed by atoms with van der Waals surface area (Å²) in [4.78, 5) is 28.3. The minimum Gasteiger partial charge on any atom is -0.478 e. The van der Waals surface area contributed by atoms with Crippen LogP contribution in [-0.4, -0.2) is 36.2 Å². The molecule has 0 radical (unpaired) electrons. The van der Waals surface area contributed by atoms with Crippen LogP contribution >= 0.6 is 11.3 Å². The van der Waals surface area contributed by atoms with Crippen molar-refractivity contribution in [3.05, 3.63) is 42.0 Å². The zero-order chi connectivity index (χ0) is 20.4. The van der Waals surface area contributed by atoms with Gasteiger partial charge >= 0.3 is 5.97 Å². The molecule has 154 valence electrons. The van der Waals surface area contributed by atoms with Gasteiger partial charge in [0, 0.05) is 17.4 Å². The number of carbonyl (C=O) groups is 2. The Bertz CT molecular complexity index is 864. The molecule has 1 N–H and O–H groups in total. The van der Waals surface area contributed by atoms with Crippen LogP contribution in [-0.2, 0) is 9.53 Å².